The summed E-state index contributed by atoms with van der Waals surface area (Å²) in [4.78, 5) is 16.6. The molecular formula is C22H23N3O4. The Hall–Kier alpha value is -3.74. The maximum Gasteiger partial charge on any atom is 0.255 e. The van der Waals surface area contributed by atoms with E-state index >= 15 is 0 Å². The van der Waals surface area contributed by atoms with E-state index in [1.807, 2.05) is 24.3 Å². The van der Waals surface area contributed by atoms with Gasteiger partial charge in [0, 0.05) is 5.56 Å². The van der Waals surface area contributed by atoms with E-state index in [2.05, 4.69) is 15.6 Å². The second-order valence-electron chi connectivity index (χ2n) is 6.07. The Labute approximate surface area is 169 Å². The summed E-state index contributed by atoms with van der Waals surface area (Å²) in [5, 5.41) is 5.99. The number of nitrogens with zero attached hydrogens (tertiary/aromatic N) is 1. The zero-order valence-corrected chi connectivity index (χ0v) is 16.3. The van der Waals surface area contributed by atoms with E-state index in [0.717, 1.165) is 11.5 Å². The molecule has 0 fully saturated rings. The molecule has 0 bridgehead atoms. The van der Waals surface area contributed by atoms with E-state index in [4.69, 9.17) is 14.2 Å². The summed E-state index contributed by atoms with van der Waals surface area (Å²) in [5.74, 6) is 2.76. The summed E-state index contributed by atoms with van der Waals surface area (Å²) < 4.78 is 15.9. The van der Waals surface area contributed by atoms with Crippen molar-refractivity contribution in [2.75, 3.05) is 38.0 Å². The Kier molecular flexibility index (Phi) is 6.89. The van der Waals surface area contributed by atoms with E-state index in [-0.39, 0.29) is 5.91 Å². The van der Waals surface area contributed by atoms with Gasteiger partial charge in [-0.15, -0.1) is 0 Å². The van der Waals surface area contributed by atoms with Crippen LogP contribution in [0.5, 0.6) is 17.2 Å². The molecule has 2 aromatic carbocycles. The van der Waals surface area contributed by atoms with Crippen LogP contribution in [0.4, 0.5) is 11.5 Å². The zero-order valence-electron chi connectivity index (χ0n) is 16.3. The molecule has 0 unspecified atom stereocenters. The van der Waals surface area contributed by atoms with Gasteiger partial charge in [-0.2, -0.15) is 0 Å². The number of aromatic nitrogens is 1. The Bertz CT molecular complexity index is 910. The highest BCUT2D eigenvalue weighted by atomic mass is 16.5. The normalized spacial score (nSPS) is 10.1. The fourth-order valence-corrected chi connectivity index (χ4v) is 2.54. The standard InChI is InChI=1S/C22H23N3O4/c1-27-18-6-3-16(4-7-18)22(26)25-17-5-12-21(24-15-17)23-13-14-29-20-10-8-19(28-2)9-11-20/h3-12,15H,13-14H2,1-2H3,(H,23,24)(H,25,26). The second kappa shape index (κ2) is 9.98. The molecule has 0 atom stereocenters. The second-order valence-corrected chi connectivity index (χ2v) is 6.07. The molecule has 2 N–H and O–H groups in total. The predicted octanol–water partition coefficient (Wildman–Crippen LogP) is 3.84. The number of anilines is 2. The number of methoxy groups -OCH3 is 2. The van der Waals surface area contributed by atoms with Crippen LogP contribution in [0.2, 0.25) is 0 Å². The van der Waals surface area contributed by atoms with Crippen molar-refractivity contribution in [2.45, 2.75) is 0 Å². The highest BCUT2D eigenvalue weighted by Gasteiger charge is 2.06. The highest BCUT2D eigenvalue weighted by molar-refractivity contribution is 6.04. The molecule has 150 valence electrons. The number of benzene rings is 2. The molecule has 0 saturated carbocycles. The average Bonchev–Trinajstić information content (AvgIpc) is 2.78. The molecule has 7 nitrogen and oxygen atoms in total. The van der Waals surface area contributed by atoms with Crippen LogP contribution in [0.25, 0.3) is 0 Å². The van der Waals surface area contributed by atoms with E-state index < -0.39 is 0 Å². The van der Waals surface area contributed by atoms with Gasteiger partial charge in [0.05, 0.1) is 32.6 Å². The molecule has 3 rings (SSSR count). The first-order valence-electron chi connectivity index (χ1n) is 9.10. The lowest BCUT2D eigenvalue weighted by Gasteiger charge is -2.10. The average molecular weight is 393 g/mol. The molecule has 3 aromatic rings. The van der Waals surface area contributed by atoms with Gasteiger partial charge in [0.2, 0.25) is 0 Å². The lowest BCUT2D eigenvalue weighted by Crippen LogP contribution is -2.13. The topological polar surface area (TPSA) is 81.7 Å². The first-order chi connectivity index (χ1) is 14.2. The van der Waals surface area contributed by atoms with Crippen molar-refractivity contribution >= 4 is 17.4 Å². The van der Waals surface area contributed by atoms with Gasteiger partial charge in [-0.05, 0) is 60.7 Å². The number of amides is 1. The molecule has 0 radical (unpaired) electrons. The van der Waals surface area contributed by atoms with Crippen molar-refractivity contribution in [1.82, 2.24) is 4.98 Å². The minimum absolute atomic E-state index is 0.206. The monoisotopic (exact) mass is 393 g/mol. The molecule has 0 aliphatic carbocycles. The van der Waals surface area contributed by atoms with Crippen molar-refractivity contribution in [2.24, 2.45) is 0 Å². The summed E-state index contributed by atoms with van der Waals surface area (Å²) in [6.45, 7) is 1.08. The number of hydrogen-bond donors (Lipinski definition) is 2. The fraction of sp³-hybridized carbons (Fsp3) is 0.182. The highest BCUT2D eigenvalue weighted by Crippen LogP contribution is 2.17. The van der Waals surface area contributed by atoms with E-state index in [0.29, 0.717) is 36.0 Å². The van der Waals surface area contributed by atoms with Crippen LogP contribution in [0, 0.1) is 0 Å². The third-order valence-electron chi connectivity index (χ3n) is 4.11. The summed E-state index contributed by atoms with van der Waals surface area (Å²) >= 11 is 0. The molecule has 1 heterocycles. The lowest BCUT2D eigenvalue weighted by molar-refractivity contribution is 0.102. The first kappa shape index (κ1) is 20.0. The Balaban J connectivity index is 1.43. The van der Waals surface area contributed by atoms with E-state index in [1.54, 1.807) is 56.8 Å². The minimum atomic E-state index is -0.206. The lowest BCUT2D eigenvalue weighted by atomic mass is 10.2. The van der Waals surface area contributed by atoms with Gasteiger partial charge in [0.1, 0.15) is 29.7 Å². The van der Waals surface area contributed by atoms with Crippen LogP contribution in [-0.2, 0) is 0 Å². The van der Waals surface area contributed by atoms with Crippen LogP contribution < -0.4 is 24.8 Å². The third-order valence-corrected chi connectivity index (χ3v) is 4.11. The zero-order chi connectivity index (χ0) is 20.5. The molecule has 7 heteroatoms. The molecule has 0 aliphatic rings. The first-order valence-corrected chi connectivity index (χ1v) is 9.10. The molecule has 29 heavy (non-hydrogen) atoms. The largest absolute Gasteiger partial charge is 0.497 e. The SMILES string of the molecule is COc1ccc(OCCNc2ccc(NC(=O)c3ccc(OC)cc3)cn2)cc1. The molecular weight excluding hydrogens is 370 g/mol. The van der Waals surface area contributed by atoms with Gasteiger partial charge >= 0.3 is 0 Å². The van der Waals surface area contributed by atoms with Gasteiger partial charge in [-0.3, -0.25) is 4.79 Å². The van der Waals surface area contributed by atoms with E-state index in [9.17, 15) is 4.79 Å². The number of ether oxygens (including phenoxy) is 3. The van der Waals surface area contributed by atoms with Crippen LogP contribution in [0.3, 0.4) is 0 Å². The molecule has 1 amide bonds. The number of pyridine rings is 1. The minimum Gasteiger partial charge on any atom is -0.497 e. The molecule has 0 spiro atoms. The number of nitrogens with one attached hydrogen (secondary N) is 2. The Morgan fingerprint density at radius 2 is 1.48 bits per heavy atom. The smallest absolute Gasteiger partial charge is 0.255 e. The van der Waals surface area contributed by atoms with Crippen molar-refractivity contribution in [3.63, 3.8) is 0 Å². The number of rotatable bonds is 9. The summed E-state index contributed by atoms with van der Waals surface area (Å²) in [7, 11) is 3.21. The quantitative estimate of drug-likeness (QED) is 0.538. The number of carbonyl (C=O) groups excluding carboxylic acids is 1. The maximum atomic E-state index is 12.3. The summed E-state index contributed by atoms with van der Waals surface area (Å²) in [5.41, 5.74) is 1.16. The number of hydrogen-bond acceptors (Lipinski definition) is 6. The van der Waals surface area contributed by atoms with Crippen molar-refractivity contribution in [3.05, 3.63) is 72.4 Å². The molecule has 1 aromatic heterocycles. The van der Waals surface area contributed by atoms with Crippen molar-refractivity contribution in [1.29, 1.82) is 0 Å². The third kappa shape index (κ3) is 5.87. The van der Waals surface area contributed by atoms with Crippen molar-refractivity contribution < 1.29 is 19.0 Å². The van der Waals surface area contributed by atoms with Crippen LogP contribution in [-0.4, -0.2) is 38.3 Å². The predicted molar refractivity (Wildman–Crippen MR) is 112 cm³/mol. The summed E-state index contributed by atoms with van der Waals surface area (Å²) in [6, 6.07) is 17.9. The fourth-order valence-electron chi connectivity index (χ4n) is 2.54. The van der Waals surface area contributed by atoms with E-state index in [1.165, 1.54) is 0 Å². The Morgan fingerprint density at radius 3 is 2.07 bits per heavy atom. The van der Waals surface area contributed by atoms with Gasteiger partial charge in [-0.25, -0.2) is 4.98 Å². The van der Waals surface area contributed by atoms with Gasteiger partial charge < -0.3 is 24.8 Å². The summed E-state index contributed by atoms with van der Waals surface area (Å²) in [6.07, 6.45) is 1.61. The van der Waals surface area contributed by atoms with Crippen LogP contribution >= 0.6 is 0 Å². The maximum absolute atomic E-state index is 12.3. The molecule has 0 aliphatic heterocycles. The number of carbonyl (C=O) groups is 1. The van der Waals surface area contributed by atoms with Gasteiger partial charge in [0.25, 0.3) is 5.91 Å². The van der Waals surface area contributed by atoms with Crippen LogP contribution in [0.1, 0.15) is 10.4 Å². The van der Waals surface area contributed by atoms with Gasteiger partial charge in [0.15, 0.2) is 0 Å². The Morgan fingerprint density at radius 1 is 0.862 bits per heavy atom. The molecule has 0 saturated heterocycles. The van der Waals surface area contributed by atoms with Crippen LogP contribution in [0.15, 0.2) is 66.9 Å². The van der Waals surface area contributed by atoms with Gasteiger partial charge in [-0.1, -0.05) is 0 Å². The van der Waals surface area contributed by atoms with Crippen molar-refractivity contribution in [3.8, 4) is 17.2 Å².